The molecular weight excluding hydrogens is 418 g/mol. The largest absolute Gasteiger partial charge is 0.496 e. The lowest BCUT2D eigenvalue weighted by atomic mass is 9.65. The summed E-state index contributed by atoms with van der Waals surface area (Å²) in [5.41, 5.74) is 5.31. The van der Waals surface area contributed by atoms with Gasteiger partial charge in [0.15, 0.2) is 0 Å². The van der Waals surface area contributed by atoms with E-state index in [0.29, 0.717) is 18.8 Å². The van der Waals surface area contributed by atoms with Crippen LogP contribution in [0.3, 0.4) is 0 Å². The Bertz CT molecular complexity index is 1220. The van der Waals surface area contributed by atoms with E-state index >= 15 is 0 Å². The number of fused-ring (bicyclic) bond motifs is 4. The molecule has 0 aliphatic carbocycles. The van der Waals surface area contributed by atoms with Crippen molar-refractivity contribution in [1.29, 1.82) is 0 Å². The predicted molar refractivity (Wildman–Crippen MR) is 126 cm³/mol. The Kier molecular flexibility index (Phi) is 5.07. The van der Waals surface area contributed by atoms with Crippen molar-refractivity contribution in [3.05, 3.63) is 65.0 Å². The van der Waals surface area contributed by atoms with Crippen LogP contribution in [0.15, 0.2) is 42.6 Å². The molecule has 2 aliphatic heterocycles. The number of benzene rings is 2. The number of rotatable bonds is 4. The van der Waals surface area contributed by atoms with E-state index < -0.39 is 0 Å². The zero-order chi connectivity index (χ0) is 23.3. The first-order chi connectivity index (χ1) is 15.9. The molecule has 0 amide bonds. The zero-order valence-corrected chi connectivity index (χ0v) is 19.6. The molecule has 2 atom stereocenters. The van der Waals surface area contributed by atoms with Crippen molar-refractivity contribution in [1.82, 2.24) is 9.78 Å². The second-order valence-electron chi connectivity index (χ2n) is 9.14. The molecule has 0 saturated heterocycles. The molecule has 5 rings (SSSR count). The molecule has 7 nitrogen and oxygen atoms in total. The minimum Gasteiger partial charge on any atom is -0.496 e. The summed E-state index contributed by atoms with van der Waals surface area (Å²) in [6, 6.07) is 12.3. The molecule has 0 spiro atoms. The summed E-state index contributed by atoms with van der Waals surface area (Å²) in [5.74, 6) is 1.57. The number of nitrogens with one attached hydrogen (secondary N) is 1. The molecule has 3 aromatic rings. The quantitative estimate of drug-likeness (QED) is 0.578. The molecule has 2 aromatic carbocycles. The van der Waals surface area contributed by atoms with Crippen LogP contribution in [-0.4, -0.2) is 36.1 Å². The summed E-state index contributed by atoms with van der Waals surface area (Å²) in [5, 5.41) is 8.23. The molecule has 0 unspecified atom stereocenters. The van der Waals surface area contributed by atoms with E-state index in [1.54, 1.807) is 24.9 Å². The van der Waals surface area contributed by atoms with Crippen LogP contribution in [0.2, 0.25) is 0 Å². The van der Waals surface area contributed by atoms with Crippen molar-refractivity contribution in [2.45, 2.75) is 39.2 Å². The summed E-state index contributed by atoms with van der Waals surface area (Å²) in [4.78, 5) is 12.2. The number of ether oxygens (including phenoxy) is 3. The number of hydrogen-bond donors (Lipinski definition) is 1. The highest BCUT2D eigenvalue weighted by molar-refractivity contribution is 5.90. The molecule has 172 valence electrons. The summed E-state index contributed by atoms with van der Waals surface area (Å²) < 4.78 is 18.8. The van der Waals surface area contributed by atoms with E-state index in [1.807, 2.05) is 31.2 Å². The van der Waals surface area contributed by atoms with Gasteiger partial charge in [0.05, 0.1) is 49.5 Å². The van der Waals surface area contributed by atoms with Crippen LogP contribution < -0.4 is 14.8 Å². The SMILES string of the molecule is CCOC(=O)c1cnn(-c2ccc3c(c2)C(C)(C)[C@@H]2COc4cccc(OC)c4[C@@H]2N3)c1C. The van der Waals surface area contributed by atoms with Gasteiger partial charge in [-0.15, -0.1) is 0 Å². The lowest BCUT2D eigenvalue weighted by Crippen LogP contribution is -2.46. The fourth-order valence-electron chi connectivity index (χ4n) is 5.18. The molecule has 0 saturated carbocycles. The fourth-order valence-corrected chi connectivity index (χ4v) is 5.18. The van der Waals surface area contributed by atoms with Gasteiger partial charge in [-0.2, -0.15) is 5.10 Å². The second-order valence-corrected chi connectivity index (χ2v) is 9.14. The highest BCUT2D eigenvalue weighted by atomic mass is 16.5. The molecule has 0 radical (unpaired) electrons. The number of nitrogens with zero attached hydrogens (tertiary/aromatic N) is 2. The third-order valence-electron chi connectivity index (χ3n) is 7.06. The maximum Gasteiger partial charge on any atom is 0.341 e. The van der Waals surface area contributed by atoms with Crippen LogP contribution in [0.4, 0.5) is 5.69 Å². The lowest BCUT2D eigenvalue weighted by Gasteiger charge is -2.48. The van der Waals surface area contributed by atoms with Crippen molar-refractivity contribution >= 4 is 11.7 Å². The van der Waals surface area contributed by atoms with Gasteiger partial charge < -0.3 is 19.5 Å². The van der Waals surface area contributed by atoms with Crippen LogP contribution in [0.1, 0.15) is 54.0 Å². The first kappa shape index (κ1) is 21.4. The van der Waals surface area contributed by atoms with Gasteiger partial charge in [-0.1, -0.05) is 19.9 Å². The molecule has 2 aliphatic rings. The molecule has 3 heterocycles. The Labute approximate surface area is 193 Å². The first-order valence-corrected chi connectivity index (χ1v) is 11.3. The van der Waals surface area contributed by atoms with Gasteiger partial charge in [-0.3, -0.25) is 0 Å². The number of carbonyl (C=O) groups excluding carboxylic acids is 1. The van der Waals surface area contributed by atoms with Gasteiger partial charge >= 0.3 is 5.97 Å². The van der Waals surface area contributed by atoms with Gasteiger partial charge in [0, 0.05) is 17.0 Å². The Morgan fingerprint density at radius 1 is 1.30 bits per heavy atom. The normalized spacial score (nSPS) is 19.9. The first-order valence-electron chi connectivity index (χ1n) is 11.3. The molecule has 33 heavy (non-hydrogen) atoms. The van der Waals surface area contributed by atoms with E-state index in [2.05, 4.69) is 36.4 Å². The van der Waals surface area contributed by atoms with E-state index in [1.165, 1.54) is 5.56 Å². The summed E-state index contributed by atoms with van der Waals surface area (Å²) in [6.07, 6.45) is 1.57. The highest BCUT2D eigenvalue weighted by Gasteiger charge is 2.47. The van der Waals surface area contributed by atoms with Crippen LogP contribution in [0.25, 0.3) is 5.69 Å². The number of esters is 1. The average molecular weight is 448 g/mol. The zero-order valence-electron chi connectivity index (χ0n) is 19.6. The van der Waals surface area contributed by atoms with E-state index in [9.17, 15) is 4.79 Å². The predicted octanol–water partition coefficient (Wildman–Crippen LogP) is 4.82. The number of hydrogen-bond acceptors (Lipinski definition) is 6. The average Bonchev–Trinajstić information content (AvgIpc) is 3.19. The van der Waals surface area contributed by atoms with Crippen LogP contribution >= 0.6 is 0 Å². The third-order valence-corrected chi connectivity index (χ3v) is 7.06. The number of carbonyl (C=O) groups is 1. The van der Waals surface area contributed by atoms with Crippen LogP contribution in [0, 0.1) is 12.8 Å². The summed E-state index contributed by atoms with van der Waals surface area (Å²) in [7, 11) is 1.70. The minimum atomic E-state index is -0.351. The van der Waals surface area contributed by atoms with E-state index in [-0.39, 0.29) is 23.3 Å². The second kappa shape index (κ2) is 7.83. The summed E-state index contributed by atoms with van der Waals surface area (Å²) in [6.45, 7) is 9.15. The Hall–Kier alpha value is -3.48. The molecular formula is C26H29N3O4. The van der Waals surface area contributed by atoms with Crippen molar-refractivity contribution in [2.75, 3.05) is 25.6 Å². The van der Waals surface area contributed by atoms with Gasteiger partial charge in [0.25, 0.3) is 0 Å². The monoisotopic (exact) mass is 447 g/mol. The molecule has 0 fully saturated rings. The van der Waals surface area contributed by atoms with Gasteiger partial charge in [-0.05, 0) is 49.7 Å². The number of anilines is 1. The molecule has 0 bridgehead atoms. The molecule has 1 aromatic heterocycles. The van der Waals surface area contributed by atoms with Crippen molar-refractivity contribution in [3.8, 4) is 17.2 Å². The van der Waals surface area contributed by atoms with Crippen LogP contribution in [-0.2, 0) is 10.2 Å². The Balaban J connectivity index is 1.56. The minimum absolute atomic E-state index is 0.0834. The van der Waals surface area contributed by atoms with Gasteiger partial charge in [-0.25, -0.2) is 9.48 Å². The summed E-state index contributed by atoms with van der Waals surface area (Å²) >= 11 is 0. The van der Waals surface area contributed by atoms with Crippen LogP contribution in [0.5, 0.6) is 11.5 Å². The van der Waals surface area contributed by atoms with Gasteiger partial charge in [0.2, 0.25) is 0 Å². The highest BCUT2D eigenvalue weighted by Crippen LogP contribution is 2.54. The Morgan fingerprint density at radius 2 is 2.12 bits per heavy atom. The maximum atomic E-state index is 12.2. The number of methoxy groups -OCH3 is 1. The van der Waals surface area contributed by atoms with E-state index in [4.69, 9.17) is 14.2 Å². The smallest absolute Gasteiger partial charge is 0.341 e. The molecule has 1 N–H and O–H groups in total. The Morgan fingerprint density at radius 3 is 2.88 bits per heavy atom. The number of aromatic nitrogens is 2. The van der Waals surface area contributed by atoms with Crippen molar-refractivity contribution in [2.24, 2.45) is 5.92 Å². The van der Waals surface area contributed by atoms with Crippen molar-refractivity contribution < 1.29 is 19.0 Å². The third kappa shape index (κ3) is 3.25. The lowest BCUT2D eigenvalue weighted by molar-refractivity contribution is 0.0525. The standard InChI is InChI=1S/C26H29N3O4/c1-6-32-25(30)17-13-27-29(15(17)2)16-10-11-20-18(12-16)26(3,4)19-14-33-22-9-7-8-21(31-5)23(22)24(19)28-20/h7-13,19,24,28H,6,14H2,1-5H3/t19-,24-/m1/s1. The molecule has 7 heteroatoms. The maximum absolute atomic E-state index is 12.2. The fraction of sp³-hybridized carbons (Fsp3) is 0.385. The van der Waals surface area contributed by atoms with E-state index in [0.717, 1.165) is 34.1 Å². The topological polar surface area (TPSA) is 74.6 Å². The van der Waals surface area contributed by atoms with Gasteiger partial charge in [0.1, 0.15) is 17.1 Å². The van der Waals surface area contributed by atoms with Crippen molar-refractivity contribution in [3.63, 3.8) is 0 Å².